The van der Waals surface area contributed by atoms with Crippen molar-refractivity contribution in [2.45, 2.75) is 41.8 Å². The van der Waals surface area contributed by atoms with Crippen LogP contribution in [0, 0.1) is 0 Å². The van der Waals surface area contributed by atoms with Crippen LogP contribution in [-0.4, -0.2) is 66.1 Å². The van der Waals surface area contributed by atoms with Crippen molar-refractivity contribution >= 4 is 38.5 Å². The number of nitrogen functional groups attached to an aromatic ring is 1. The van der Waals surface area contributed by atoms with Gasteiger partial charge < -0.3 is 30.9 Å². The third kappa shape index (κ3) is 5.40. The molecule has 3 aromatic rings. The Hall–Kier alpha value is -2.02. The predicted molar refractivity (Wildman–Crippen MR) is 134 cm³/mol. The Kier molecular flexibility index (Phi) is 7.56. The van der Waals surface area contributed by atoms with Gasteiger partial charge in [0.25, 0.3) is 0 Å². The maximum absolute atomic E-state index is 11.8. The molecule has 0 spiro atoms. The van der Waals surface area contributed by atoms with Crippen LogP contribution in [0.25, 0.3) is 10.4 Å². The summed E-state index contributed by atoms with van der Waals surface area (Å²) in [4.78, 5) is 2.01. The molecule has 6 N–H and O–H groups in total. The Morgan fingerprint density at radius 3 is 2.43 bits per heavy atom. The highest BCUT2D eigenvalue weighted by Gasteiger charge is 2.44. The largest absolute Gasteiger partial charge is 0.398 e. The van der Waals surface area contributed by atoms with Crippen molar-refractivity contribution in [3.8, 4) is 10.4 Å². The Morgan fingerprint density at radius 2 is 1.77 bits per heavy atom. The van der Waals surface area contributed by atoms with Gasteiger partial charge in [0, 0.05) is 38.7 Å². The van der Waals surface area contributed by atoms with E-state index in [-0.39, 0.29) is 4.90 Å². The molecule has 0 bridgehead atoms. The molecule has 188 valence electrons. The van der Waals surface area contributed by atoms with E-state index in [9.17, 15) is 28.8 Å². The lowest BCUT2D eigenvalue weighted by Crippen LogP contribution is -2.55. The van der Waals surface area contributed by atoms with Crippen LogP contribution in [0.3, 0.4) is 0 Å². The summed E-state index contributed by atoms with van der Waals surface area (Å²) in [7, 11) is -3.36. The number of halogens is 1. The molecular formula is C24H26ClNO7S2. The third-order valence-corrected chi connectivity index (χ3v) is 8.63. The summed E-state index contributed by atoms with van der Waals surface area (Å²) in [5, 5.41) is 40.6. The Morgan fingerprint density at radius 1 is 1.03 bits per heavy atom. The minimum atomic E-state index is -3.36. The minimum Gasteiger partial charge on any atom is -0.398 e. The van der Waals surface area contributed by atoms with Gasteiger partial charge in [0.05, 0.1) is 11.5 Å². The molecule has 0 aliphatic carbocycles. The van der Waals surface area contributed by atoms with E-state index in [0.717, 1.165) is 27.1 Å². The minimum absolute atomic E-state index is 0.160. The van der Waals surface area contributed by atoms with Crippen LogP contribution >= 0.6 is 22.9 Å². The smallest absolute Gasteiger partial charge is 0.175 e. The van der Waals surface area contributed by atoms with Crippen molar-refractivity contribution in [3.05, 3.63) is 69.6 Å². The quantitative estimate of drug-likeness (QED) is 0.299. The Bertz CT molecular complexity index is 1330. The number of benzene rings is 2. The highest BCUT2D eigenvalue weighted by Crippen LogP contribution is 2.37. The molecule has 2 heterocycles. The molecule has 0 amide bonds. The molecule has 4 rings (SSSR count). The number of hydrogen-bond acceptors (Lipinski definition) is 9. The van der Waals surface area contributed by atoms with Gasteiger partial charge in [-0.25, -0.2) is 8.42 Å². The number of aliphatic hydroxyl groups excluding tert-OH is 4. The molecular weight excluding hydrogens is 514 g/mol. The van der Waals surface area contributed by atoms with Gasteiger partial charge in [-0.3, -0.25) is 0 Å². The Labute approximate surface area is 212 Å². The van der Waals surface area contributed by atoms with E-state index in [0.29, 0.717) is 22.7 Å². The average molecular weight is 540 g/mol. The van der Waals surface area contributed by atoms with Gasteiger partial charge in [-0.1, -0.05) is 29.8 Å². The summed E-state index contributed by atoms with van der Waals surface area (Å²) < 4.78 is 29.2. The molecule has 5 atom stereocenters. The highest BCUT2D eigenvalue weighted by molar-refractivity contribution is 7.90. The number of rotatable bonds is 6. The molecule has 0 unspecified atom stereocenters. The zero-order chi connectivity index (χ0) is 25.5. The lowest BCUT2D eigenvalue weighted by molar-refractivity contribution is -0.231. The van der Waals surface area contributed by atoms with Crippen molar-refractivity contribution in [3.63, 3.8) is 0 Å². The van der Waals surface area contributed by atoms with Gasteiger partial charge in [0.15, 0.2) is 9.84 Å². The van der Waals surface area contributed by atoms with Crippen molar-refractivity contribution in [2.24, 2.45) is 0 Å². The van der Waals surface area contributed by atoms with Gasteiger partial charge in [0.2, 0.25) is 0 Å². The van der Waals surface area contributed by atoms with E-state index in [1.807, 2.05) is 12.1 Å². The number of sulfone groups is 1. The molecule has 2 aromatic carbocycles. The molecule has 11 heteroatoms. The SMILES string of the molecule is CS(=O)(=O)c1ccc(-c2ccc(Cc3cc([C@@H]4O[C@H](CO)[C@@H](O)[C@H](O)[C@H]4O)ccc3Cl)s2)c(N)c1. The second kappa shape index (κ2) is 10.2. The number of anilines is 1. The number of nitrogens with two attached hydrogens (primary N) is 1. The monoisotopic (exact) mass is 539 g/mol. The van der Waals surface area contributed by atoms with Crippen LogP contribution in [-0.2, 0) is 21.0 Å². The number of thiophene rings is 1. The molecule has 1 aliphatic rings. The summed E-state index contributed by atoms with van der Waals surface area (Å²) in [5.41, 5.74) is 8.53. The van der Waals surface area contributed by atoms with Gasteiger partial charge >= 0.3 is 0 Å². The van der Waals surface area contributed by atoms with Gasteiger partial charge in [-0.05, 0) is 41.5 Å². The van der Waals surface area contributed by atoms with E-state index < -0.39 is 47.0 Å². The summed E-state index contributed by atoms with van der Waals surface area (Å²) in [6, 6.07) is 13.6. The first kappa shape index (κ1) is 26.1. The van der Waals surface area contributed by atoms with Crippen LogP contribution in [0.4, 0.5) is 5.69 Å². The molecule has 0 radical (unpaired) electrons. The normalized spacial score (nSPS) is 25.0. The summed E-state index contributed by atoms with van der Waals surface area (Å²) in [6.07, 6.45) is -4.63. The number of hydrogen-bond donors (Lipinski definition) is 5. The topological polar surface area (TPSA) is 150 Å². The second-order valence-corrected chi connectivity index (χ2v) is 12.2. The molecule has 1 aliphatic heterocycles. The number of aliphatic hydroxyl groups is 4. The molecule has 0 saturated carbocycles. The predicted octanol–water partition coefficient (Wildman–Crippen LogP) is 2.16. The Balaban J connectivity index is 1.58. The fraction of sp³-hybridized carbons (Fsp3) is 0.333. The first-order valence-electron chi connectivity index (χ1n) is 10.8. The third-order valence-electron chi connectivity index (χ3n) is 6.03. The van der Waals surface area contributed by atoms with Crippen molar-refractivity contribution in [1.82, 2.24) is 0 Å². The van der Waals surface area contributed by atoms with E-state index in [4.69, 9.17) is 22.1 Å². The van der Waals surface area contributed by atoms with Crippen LogP contribution in [0.5, 0.6) is 0 Å². The molecule has 8 nitrogen and oxygen atoms in total. The van der Waals surface area contributed by atoms with Crippen LogP contribution < -0.4 is 5.73 Å². The number of ether oxygens (including phenoxy) is 1. The van der Waals surface area contributed by atoms with E-state index in [2.05, 4.69) is 0 Å². The van der Waals surface area contributed by atoms with Crippen LogP contribution in [0.2, 0.25) is 5.02 Å². The van der Waals surface area contributed by atoms with E-state index >= 15 is 0 Å². The maximum Gasteiger partial charge on any atom is 0.175 e. The lowest BCUT2D eigenvalue weighted by Gasteiger charge is -2.40. The second-order valence-electron chi connectivity index (χ2n) is 8.56. The fourth-order valence-corrected chi connectivity index (χ4v) is 6.00. The van der Waals surface area contributed by atoms with Gasteiger partial charge in [0.1, 0.15) is 30.5 Å². The first-order chi connectivity index (χ1) is 16.5. The van der Waals surface area contributed by atoms with Crippen LogP contribution in [0.1, 0.15) is 22.1 Å². The lowest BCUT2D eigenvalue weighted by atomic mass is 9.90. The summed E-state index contributed by atoms with van der Waals surface area (Å²) in [6.45, 7) is -0.506. The van der Waals surface area contributed by atoms with Crippen molar-refractivity contribution in [2.75, 3.05) is 18.6 Å². The van der Waals surface area contributed by atoms with E-state index in [1.165, 1.54) is 23.5 Å². The molecule has 1 aromatic heterocycles. The zero-order valence-electron chi connectivity index (χ0n) is 18.7. The first-order valence-corrected chi connectivity index (χ1v) is 13.9. The maximum atomic E-state index is 11.8. The van der Waals surface area contributed by atoms with Gasteiger partial charge in [-0.15, -0.1) is 11.3 Å². The highest BCUT2D eigenvalue weighted by atomic mass is 35.5. The standard InChI is InChI=1S/C24H26ClNO7S2/c1-35(31,32)15-4-5-16(18(26)10-15)20-7-3-14(34-20)9-13-8-12(2-6-17(13)25)24-23(30)22(29)21(28)19(11-27)33-24/h2-8,10,19,21-24,27-30H,9,11,26H2,1H3/t19-,21-,22+,23-,24+/m1/s1. The van der Waals surface area contributed by atoms with Crippen molar-refractivity contribution in [1.29, 1.82) is 0 Å². The summed E-state index contributed by atoms with van der Waals surface area (Å²) in [5.74, 6) is 0. The molecule has 35 heavy (non-hydrogen) atoms. The average Bonchev–Trinajstić information content (AvgIpc) is 3.27. The molecule has 1 fully saturated rings. The van der Waals surface area contributed by atoms with Crippen molar-refractivity contribution < 1.29 is 33.6 Å². The zero-order valence-corrected chi connectivity index (χ0v) is 21.1. The molecule has 1 saturated heterocycles. The van der Waals surface area contributed by atoms with Crippen LogP contribution in [0.15, 0.2) is 53.4 Å². The summed E-state index contributed by atoms with van der Waals surface area (Å²) >= 11 is 7.92. The fourth-order valence-electron chi connectivity index (χ4n) is 4.09. The van der Waals surface area contributed by atoms with Gasteiger partial charge in [-0.2, -0.15) is 0 Å². The van der Waals surface area contributed by atoms with E-state index in [1.54, 1.807) is 24.3 Å².